The molecule has 0 aromatic rings. The molecule has 1 saturated carbocycles. The van der Waals surface area contributed by atoms with Crippen molar-refractivity contribution in [3.05, 3.63) is 0 Å². The molecule has 0 aromatic carbocycles. The van der Waals surface area contributed by atoms with Gasteiger partial charge in [0.2, 0.25) is 0 Å². The summed E-state index contributed by atoms with van der Waals surface area (Å²) in [4.78, 5) is 12.0. The van der Waals surface area contributed by atoms with Crippen LogP contribution in [0.2, 0.25) is 0 Å². The first-order valence-corrected chi connectivity index (χ1v) is 7.88. The molecule has 2 N–H and O–H groups in total. The lowest BCUT2D eigenvalue weighted by Gasteiger charge is -2.30. The molecular formula is C13H24INO2. The zero-order chi connectivity index (χ0) is 12.9. The molecule has 0 aromatic heterocycles. The molecule has 1 rings (SSSR count). The van der Waals surface area contributed by atoms with E-state index in [-0.39, 0.29) is 21.5 Å². The molecular weight excluding hydrogens is 329 g/mol. The zero-order valence-corrected chi connectivity index (χ0v) is 13.0. The van der Waals surface area contributed by atoms with Crippen molar-refractivity contribution >= 4 is 28.6 Å². The molecule has 0 bridgehead atoms. The van der Waals surface area contributed by atoms with Crippen molar-refractivity contribution in [2.45, 2.75) is 74.4 Å². The van der Waals surface area contributed by atoms with Crippen LogP contribution in [-0.4, -0.2) is 21.5 Å². The molecule has 1 aliphatic rings. The normalized spacial score (nSPS) is 22.1. The summed E-state index contributed by atoms with van der Waals surface area (Å²) in [5.74, 6) is -0.126. The molecule has 1 fully saturated rings. The fraction of sp³-hybridized carbons (Fsp3) is 0.923. The summed E-state index contributed by atoms with van der Waals surface area (Å²) in [5.41, 5.74) is 5.57. The summed E-state index contributed by atoms with van der Waals surface area (Å²) in [5, 5.41) is 0. The van der Waals surface area contributed by atoms with Gasteiger partial charge in [0.15, 0.2) is 0 Å². The maximum absolute atomic E-state index is 12.0. The first kappa shape index (κ1) is 15.2. The minimum Gasteiger partial charge on any atom is -0.458 e. The SMILES string of the molecule is CCCCC1(OC(=O)C(I)C(C)N)CCCC1. The Morgan fingerprint density at radius 3 is 2.53 bits per heavy atom. The third-order valence-electron chi connectivity index (χ3n) is 3.50. The van der Waals surface area contributed by atoms with E-state index in [2.05, 4.69) is 29.5 Å². The highest BCUT2D eigenvalue weighted by Crippen LogP contribution is 2.38. The maximum Gasteiger partial charge on any atom is 0.321 e. The highest BCUT2D eigenvalue weighted by atomic mass is 127. The molecule has 2 atom stereocenters. The van der Waals surface area contributed by atoms with Crippen molar-refractivity contribution in [3.8, 4) is 0 Å². The molecule has 4 heteroatoms. The Kier molecular flexibility index (Phi) is 6.20. The highest BCUT2D eigenvalue weighted by Gasteiger charge is 2.38. The van der Waals surface area contributed by atoms with Gasteiger partial charge in [0.25, 0.3) is 0 Å². The van der Waals surface area contributed by atoms with E-state index in [0.717, 1.165) is 32.1 Å². The third kappa shape index (κ3) is 4.39. The number of unbranched alkanes of at least 4 members (excludes halogenated alkanes) is 1. The van der Waals surface area contributed by atoms with Crippen molar-refractivity contribution in [1.82, 2.24) is 0 Å². The summed E-state index contributed by atoms with van der Waals surface area (Å²) in [6.45, 7) is 4.03. The van der Waals surface area contributed by atoms with E-state index in [1.807, 2.05) is 6.92 Å². The topological polar surface area (TPSA) is 52.3 Å². The summed E-state index contributed by atoms with van der Waals surface area (Å²) >= 11 is 2.09. The van der Waals surface area contributed by atoms with Crippen LogP contribution in [-0.2, 0) is 9.53 Å². The second kappa shape index (κ2) is 6.92. The lowest BCUT2D eigenvalue weighted by Crippen LogP contribution is -2.40. The van der Waals surface area contributed by atoms with Crippen LogP contribution in [0.4, 0.5) is 0 Å². The van der Waals surface area contributed by atoms with E-state index in [4.69, 9.17) is 10.5 Å². The molecule has 0 saturated heterocycles. The molecule has 0 radical (unpaired) electrons. The van der Waals surface area contributed by atoms with Gasteiger partial charge in [-0.2, -0.15) is 0 Å². The molecule has 3 nitrogen and oxygen atoms in total. The van der Waals surface area contributed by atoms with E-state index in [1.54, 1.807) is 0 Å². The van der Waals surface area contributed by atoms with Crippen LogP contribution in [0, 0.1) is 0 Å². The van der Waals surface area contributed by atoms with Gasteiger partial charge >= 0.3 is 5.97 Å². The smallest absolute Gasteiger partial charge is 0.321 e. The monoisotopic (exact) mass is 353 g/mol. The van der Waals surface area contributed by atoms with Gasteiger partial charge in [-0.15, -0.1) is 0 Å². The number of hydrogen-bond donors (Lipinski definition) is 1. The lowest BCUT2D eigenvalue weighted by molar-refractivity contribution is -0.159. The molecule has 1 aliphatic carbocycles. The molecule has 17 heavy (non-hydrogen) atoms. The van der Waals surface area contributed by atoms with E-state index >= 15 is 0 Å². The number of carbonyl (C=O) groups is 1. The Hall–Kier alpha value is 0.160. The summed E-state index contributed by atoms with van der Waals surface area (Å²) in [7, 11) is 0. The molecule has 0 amide bonds. The third-order valence-corrected chi connectivity index (χ3v) is 5.15. The van der Waals surface area contributed by atoms with E-state index in [0.29, 0.717) is 0 Å². The fourth-order valence-electron chi connectivity index (χ4n) is 2.41. The van der Waals surface area contributed by atoms with Crippen molar-refractivity contribution in [3.63, 3.8) is 0 Å². The quantitative estimate of drug-likeness (QED) is 0.453. The van der Waals surface area contributed by atoms with Gasteiger partial charge in [0.05, 0.1) is 0 Å². The standard InChI is InChI=1S/C13H24INO2/c1-3-4-7-13(8-5-6-9-13)17-12(16)11(14)10(2)15/h10-11H,3-9,15H2,1-2H3. The lowest BCUT2D eigenvalue weighted by atomic mass is 9.94. The number of hydrogen-bond acceptors (Lipinski definition) is 3. The second-order valence-electron chi connectivity index (χ2n) is 5.18. The fourth-order valence-corrected chi connectivity index (χ4v) is 2.53. The van der Waals surface area contributed by atoms with Crippen LogP contribution in [0.25, 0.3) is 0 Å². The maximum atomic E-state index is 12.0. The van der Waals surface area contributed by atoms with Crippen LogP contribution >= 0.6 is 22.6 Å². The Labute approximate surface area is 118 Å². The Morgan fingerprint density at radius 1 is 1.47 bits per heavy atom. The van der Waals surface area contributed by atoms with Crippen LogP contribution in [0.1, 0.15) is 58.8 Å². The first-order valence-electron chi connectivity index (χ1n) is 6.63. The predicted molar refractivity (Wildman–Crippen MR) is 78.3 cm³/mol. The minimum absolute atomic E-state index is 0.126. The summed E-state index contributed by atoms with van der Waals surface area (Å²) < 4.78 is 5.57. The second-order valence-corrected chi connectivity index (χ2v) is 6.52. The number of rotatable bonds is 6. The highest BCUT2D eigenvalue weighted by molar-refractivity contribution is 14.1. The van der Waals surface area contributed by atoms with Crippen molar-refractivity contribution in [2.75, 3.05) is 0 Å². The van der Waals surface area contributed by atoms with Crippen molar-refractivity contribution in [1.29, 1.82) is 0 Å². The van der Waals surface area contributed by atoms with Gasteiger partial charge in [-0.3, -0.25) is 4.79 Å². The Bertz CT molecular complexity index is 250. The van der Waals surface area contributed by atoms with Gasteiger partial charge in [-0.25, -0.2) is 0 Å². The molecule has 2 unspecified atom stereocenters. The van der Waals surface area contributed by atoms with Crippen LogP contribution in [0.3, 0.4) is 0 Å². The van der Waals surface area contributed by atoms with Gasteiger partial charge in [-0.1, -0.05) is 35.9 Å². The Morgan fingerprint density at radius 2 is 2.06 bits per heavy atom. The minimum atomic E-state index is -0.230. The van der Waals surface area contributed by atoms with E-state index < -0.39 is 0 Å². The molecule has 0 spiro atoms. The number of carbonyl (C=O) groups excluding carboxylic acids is 1. The van der Waals surface area contributed by atoms with E-state index in [1.165, 1.54) is 12.8 Å². The van der Waals surface area contributed by atoms with Crippen LogP contribution in [0.15, 0.2) is 0 Å². The predicted octanol–water partition coefficient (Wildman–Crippen LogP) is 3.18. The number of esters is 1. The molecule has 100 valence electrons. The summed E-state index contributed by atoms with van der Waals surface area (Å²) in [6.07, 6.45) is 7.72. The summed E-state index contributed by atoms with van der Waals surface area (Å²) in [6, 6.07) is -0.146. The van der Waals surface area contributed by atoms with Gasteiger partial charge in [0.1, 0.15) is 9.53 Å². The Balaban J connectivity index is 2.57. The van der Waals surface area contributed by atoms with Crippen LogP contribution < -0.4 is 5.73 Å². The van der Waals surface area contributed by atoms with Gasteiger partial charge in [0, 0.05) is 6.04 Å². The van der Waals surface area contributed by atoms with Crippen LogP contribution in [0.5, 0.6) is 0 Å². The molecule has 0 heterocycles. The number of alkyl halides is 1. The molecule has 0 aliphatic heterocycles. The first-order chi connectivity index (χ1) is 8.01. The largest absolute Gasteiger partial charge is 0.458 e. The van der Waals surface area contributed by atoms with E-state index in [9.17, 15) is 4.79 Å². The number of halogens is 1. The van der Waals surface area contributed by atoms with Gasteiger partial charge in [-0.05, 0) is 45.4 Å². The van der Waals surface area contributed by atoms with Gasteiger partial charge < -0.3 is 10.5 Å². The average molecular weight is 353 g/mol. The number of nitrogens with two attached hydrogens (primary N) is 1. The average Bonchev–Trinajstić information content (AvgIpc) is 2.74. The zero-order valence-electron chi connectivity index (χ0n) is 10.9. The van der Waals surface area contributed by atoms with Crippen molar-refractivity contribution in [2.24, 2.45) is 5.73 Å². The number of ether oxygens (including phenoxy) is 1. The van der Waals surface area contributed by atoms with Crippen molar-refractivity contribution < 1.29 is 9.53 Å².